The van der Waals surface area contributed by atoms with Gasteiger partial charge in [0, 0.05) is 24.2 Å². The Morgan fingerprint density at radius 3 is 1.02 bits per heavy atom. The largest absolute Gasteiger partial charge is 0.368 e. The summed E-state index contributed by atoms with van der Waals surface area (Å²) in [5.74, 6) is 0.431. The fourth-order valence-corrected chi connectivity index (χ4v) is 8.78. The lowest BCUT2D eigenvalue weighted by molar-refractivity contribution is -0.149. The summed E-state index contributed by atoms with van der Waals surface area (Å²) in [6.45, 7) is 0.418. The number of amides is 2. The molecule has 0 N–H and O–H groups in total. The van der Waals surface area contributed by atoms with Gasteiger partial charge in [0.25, 0.3) is 0 Å². The highest BCUT2D eigenvalue weighted by molar-refractivity contribution is 5.78. The van der Waals surface area contributed by atoms with Crippen LogP contribution in [0.25, 0.3) is 0 Å². The second kappa shape index (κ2) is 15.9. The van der Waals surface area contributed by atoms with Gasteiger partial charge in [-0.3, -0.25) is 9.59 Å². The first-order valence-corrected chi connectivity index (χ1v) is 17.5. The third-order valence-electron chi connectivity index (χ3n) is 10.9. The van der Waals surface area contributed by atoms with Gasteiger partial charge in [0.15, 0.2) is 0 Å². The highest BCUT2D eigenvalue weighted by Gasteiger charge is 2.35. The Balaban J connectivity index is 1.10. The molecule has 0 radical (unpaired) electrons. The Bertz CT molecular complexity index is 668. The molecule has 5 fully saturated rings. The molecule has 0 aromatic rings. The molecule has 0 aromatic heterocycles. The van der Waals surface area contributed by atoms with E-state index in [0.29, 0.717) is 24.2 Å². The maximum Gasteiger partial charge on any atom is 0.249 e. The van der Waals surface area contributed by atoms with E-state index in [2.05, 4.69) is 9.80 Å². The lowest BCUT2D eigenvalue weighted by atomic mass is 9.88. The smallest absolute Gasteiger partial charge is 0.249 e. The predicted octanol–water partition coefficient (Wildman–Crippen LogP) is 7.32. The first-order chi connectivity index (χ1) is 19.7. The normalized spacial score (nSPS) is 28.3. The number of carbonyl (C=O) groups is 2. The van der Waals surface area contributed by atoms with Crippen LogP contribution in [0.2, 0.25) is 0 Å². The van der Waals surface area contributed by atoms with Crippen LogP contribution in [-0.2, 0) is 19.1 Å². The molecule has 0 heterocycles. The monoisotopic (exact) mass is 558 g/mol. The molecule has 228 valence electrons. The molecular formula is C34H58N2O4. The molecule has 2 amide bonds. The molecule has 6 nitrogen and oxygen atoms in total. The lowest BCUT2D eigenvalue weighted by Crippen LogP contribution is -2.50. The molecule has 5 saturated carbocycles. The van der Waals surface area contributed by atoms with E-state index in [-0.39, 0.29) is 37.2 Å². The molecule has 5 aliphatic carbocycles. The van der Waals surface area contributed by atoms with E-state index in [1.54, 1.807) is 0 Å². The van der Waals surface area contributed by atoms with Crippen LogP contribution < -0.4 is 0 Å². The second-order valence-corrected chi connectivity index (χ2v) is 13.8. The lowest BCUT2D eigenvalue weighted by Gasteiger charge is -2.42. The van der Waals surface area contributed by atoms with E-state index in [1.807, 2.05) is 0 Å². The number of hydrogen-bond acceptors (Lipinski definition) is 4. The highest BCUT2D eigenvalue weighted by Crippen LogP contribution is 2.32. The van der Waals surface area contributed by atoms with Crippen molar-refractivity contribution in [3.63, 3.8) is 0 Å². The van der Waals surface area contributed by atoms with Gasteiger partial charge in [0.1, 0.15) is 13.2 Å². The van der Waals surface area contributed by atoms with Gasteiger partial charge in [-0.25, -0.2) is 0 Å². The minimum absolute atomic E-state index is 0.0603. The van der Waals surface area contributed by atoms with Crippen molar-refractivity contribution < 1.29 is 19.1 Å². The van der Waals surface area contributed by atoms with Gasteiger partial charge in [-0.15, -0.1) is 0 Å². The van der Waals surface area contributed by atoms with Gasteiger partial charge in [0.2, 0.25) is 11.8 Å². The average Bonchev–Trinajstić information content (AvgIpc) is 3.02. The topological polar surface area (TPSA) is 59.1 Å². The molecule has 40 heavy (non-hydrogen) atoms. The van der Waals surface area contributed by atoms with Crippen molar-refractivity contribution >= 4 is 11.8 Å². The quantitative estimate of drug-likeness (QED) is 0.282. The van der Waals surface area contributed by atoms with Crippen molar-refractivity contribution in [3.8, 4) is 0 Å². The standard InChI is InChI=1S/C34H58N2O4/c37-33(35(27-14-5-1-6-15-27)28-16-7-2-8-17-28)25-39-31-22-13-23-32(24-31)40-26-34(38)36(29-18-9-3-10-19-29)30-20-11-4-12-21-30/h27-32H,1-26H2. The molecular weight excluding hydrogens is 500 g/mol. The van der Waals surface area contributed by atoms with Gasteiger partial charge in [-0.1, -0.05) is 77.0 Å². The Kier molecular flexibility index (Phi) is 12.1. The third kappa shape index (κ3) is 8.46. The molecule has 6 heteroatoms. The molecule has 5 rings (SSSR count). The molecule has 5 aliphatic rings. The Morgan fingerprint density at radius 1 is 0.425 bits per heavy atom. The van der Waals surface area contributed by atoms with Crippen LogP contribution in [0.3, 0.4) is 0 Å². The Labute approximate surface area is 244 Å². The van der Waals surface area contributed by atoms with Crippen LogP contribution in [0.15, 0.2) is 0 Å². The van der Waals surface area contributed by atoms with Crippen molar-refractivity contribution in [1.82, 2.24) is 9.80 Å². The molecule has 0 bridgehead atoms. The number of carbonyl (C=O) groups excluding carboxylic acids is 2. The van der Waals surface area contributed by atoms with E-state index in [0.717, 1.165) is 77.0 Å². The Morgan fingerprint density at radius 2 is 0.725 bits per heavy atom. The van der Waals surface area contributed by atoms with Gasteiger partial charge in [0.05, 0.1) is 12.2 Å². The van der Waals surface area contributed by atoms with E-state index in [1.165, 1.54) is 77.0 Å². The molecule has 0 aliphatic heterocycles. The molecule has 2 unspecified atom stereocenters. The molecule has 0 saturated heterocycles. The van der Waals surface area contributed by atoms with Crippen LogP contribution in [0, 0.1) is 0 Å². The summed E-state index contributed by atoms with van der Waals surface area (Å²) in [5.41, 5.74) is 0. The average molecular weight is 559 g/mol. The van der Waals surface area contributed by atoms with E-state index >= 15 is 0 Å². The highest BCUT2D eigenvalue weighted by atomic mass is 16.5. The molecule has 0 aromatic carbocycles. The summed E-state index contributed by atoms with van der Waals surface area (Å²) in [4.78, 5) is 31.7. The van der Waals surface area contributed by atoms with Gasteiger partial charge in [-0.05, 0) is 77.0 Å². The number of hydrogen-bond donors (Lipinski definition) is 0. The summed E-state index contributed by atoms with van der Waals surface area (Å²) < 4.78 is 12.6. The number of nitrogens with zero attached hydrogens (tertiary/aromatic N) is 2. The number of ether oxygens (including phenoxy) is 2. The fourth-order valence-electron chi connectivity index (χ4n) is 8.78. The minimum atomic E-state index is 0.0603. The van der Waals surface area contributed by atoms with Crippen LogP contribution >= 0.6 is 0 Å². The van der Waals surface area contributed by atoms with Crippen molar-refractivity contribution in [1.29, 1.82) is 0 Å². The van der Waals surface area contributed by atoms with Crippen molar-refractivity contribution in [2.45, 2.75) is 190 Å². The van der Waals surface area contributed by atoms with Crippen molar-refractivity contribution in [2.24, 2.45) is 0 Å². The van der Waals surface area contributed by atoms with E-state index < -0.39 is 0 Å². The maximum absolute atomic E-state index is 13.6. The summed E-state index contributed by atoms with van der Waals surface area (Å²) in [7, 11) is 0. The third-order valence-corrected chi connectivity index (χ3v) is 10.9. The minimum Gasteiger partial charge on any atom is -0.368 e. The summed E-state index contributed by atoms with van der Waals surface area (Å²) in [5, 5.41) is 0. The summed E-state index contributed by atoms with van der Waals surface area (Å²) in [6.07, 6.45) is 28.5. The van der Waals surface area contributed by atoms with Crippen molar-refractivity contribution in [2.75, 3.05) is 13.2 Å². The SMILES string of the molecule is O=C(COC1CCCC(OCC(=O)N(C2CCCCC2)C2CCCCC2)C1)N(C1CCCCC1)C1CCCCC1. The van der Waals surface area contributed by atoms with Crippen LogP contribution in [0.5, 0.6) is 0 Å². The van der Waals surface area contributed by atoms with Crippen LogP contribution in [0.1, 0.15) is 154 Å². The van der Waals surface area contributed by atoms with Gasteiger partial charge in [-0.2, -0.15) is 0 Å². The molecule has 2 atom stereocenters. The maximum atomic E-state index is 13.6. The van der Waals surface area contributed by atoms with Crippen LogP contribution in [0.4, 0.5) is 0 Å². The zero-order chi connectivity index (χ0) is 27.6. The first-order valence-electron chi connectivity index (χ1n) is 17.5. The van der Waals surface area contributed by atoms with E-state index in [4.69, 9.17) is 9.47 Å². The van der Waals surface area contributed by atoms with Gasteiger partial charge < -0.3 is 19.3 Å². The van der Waals surface area contributed by atoms with E-state index in [9.17, 15) is 9.59 Å². The molecule has 0 spiro atoms. The fraction of sp³-hybridized carbons (Fsp3) is 0.941. The zero-order valence-electron chi connectivity index (χ0n) is 25.4. The summed E-state index contributed by atoms with van der Waals surface area (Å²) >= 11 is 0. The van der Waals surface area contributed by atoms with Crippen LogP contribution in [-0.4, -0.2) is 71.2 Å². The van der Waals surface area contributed by atoms with Crippen molar-refractivity contribution in [3.05, 3.63) is 0 Å². The predicted molar refractivity (Wildman–Crippen MR) is 159 cm³/mol. The second-order valence-electron chi connectivity index (χ2n) is 13.8. The summed E-state index contributed by atoms with van der Waals surface area (Å²) in [6, 6.07) is 1.66. The van der Waals surface area contributed by atoms with Gasteiger partial charge >= 0.3 is 0 Å². The number of rotatable bonds is 10. The Hall–Kier alpha value is -1.14. The zero-order valence-corrected chi connectivity index (χ0v) is 25.4. The first kappa shape index (κ1) is 30.3.